The van der Waals surface area contributed by atoms with E-state index in [9.17, 15) is 5.11 Å². The minimum absolute atomic E-state index is 0.213. The topological polar surface area (TPSA) is 64.1 Å². The number of nitrogens with zero attached hydrogens (tertiary/aromatic N) is 2. The Bertz CT molecular complexity index is 301. The van der Waals surface area contributed by atoms with Crippen LogP contribution in [0.3, 0.4) is 0 Å². The van der Waals surface area contributed by atoms with E-state index in [1.165, 1.54) is 0 Å². The quantitative estimate of drug-likeness (QED) is 0.738. The van der Waals surface area contributed by atoms with Gasteiger partial charge in [-0.25, -0.2) is 0 Å². The van der Waals surface area contributed by atoms with E-state index >= 15 is 0 Å². The maximum Gasteiger partial charge on any atom is 0.0782 e. The highest BCUT2D eigenvalue weighted by Crippen LogP contribution is 2.27. The van der Waals surface area contributed by atoms with Crippen LogP contribution >= 0.6 is 0 Å². The van der Waals surface area contributed by atoms with Crippen LogP contribution in [0.5, 0.6) is 0 Å². The molecule has 1 aromatic rings. The van der Waals surface area contributed by atoms with Crippen molar-refractivity contribution in [1.82, 2.24) is 9.78 Å². The summed E-state index contributed by atoms with van der Waals surface area (Å²) in [6.45, 7) is 5.90. The largest absolute Gasteiger partial charge is 0.391 e. The van der Waals surface area contributed by atoms with Crippen LogP contribution in [-0.2, 0) is 7.05 Å². The summed E-state index contributed by atoms with van der Waals surface area (Å²) >= 11 is 0. The first-order valence-electron chi connectivity index (χ1n) is 4.74. The van der Waals surface area contributed by atoms with Gasteiger partial charge in [0.25, 0.3) is 0 Å². The summed E-state index contributed by atoms with van der Waals surface area (Å²) in [6.07, 6.45) is 2.96. The van der Waals surface area contributed by atoms with E-state index in [1.54, 1.807) is 10.9 Å². The monoisotopic (exact) mass is 197 g/mol. The summed E-state index contributed by atoms with van der Waals surface area (Å²) in [4.78, 5) is 0. The molecule has 2 atom stereocenters. The van der Waals surface area contributed by atoms with Gasteiger partial charge in [0, 0.05) is 18.8 Å². The van der Waals surface area contributed by atoms with Crippen molar-refractivity contribution in [2.75, 3.05) is 0 Å². The molecular weight excluding hydrogens is 178 g/mol. The molecule has 4 heteroatoms. The maximum absolute atomic E-state index is 9.95. The van der Waals surface area contributed by atoms with Gasteiger partial charge in [-0.2, -0.15) is 5.10 Å². The van der Waals surface area contributed by atoms with Gasteiger partial charge in [-0.1, -0.05) is 20.8 Å². The molecule has 4 nitrogen and oxygen atoms in total. The van der Waals surface area contributed by atoms with Crippen molar-refractivity contribution in [3.05, 3.63) is 18.0 Å². The van der Waals surface area contributed by atoms with Crippen LogP contribution in [0.15, 0.2) is 12.4 Å². The Hall–Kier alpha value is -0.870. The van der Waals surface area contributed by atoms with Crippen molar-refractivity contribution in [3.8, 4) is 0 Å². The fourth-order valence-corrected chi connectivity index (χ4v) is 1.33. The average Bonchev–Trinajstić information content (AvgIpc) is 2.47. The van der Waals surface area contributed by atoms with E-state index in [-0.39, 0.29) is 11.5 Å². The number of nitrogens with two attached hydrogens (primary N) is 1. The lowest BCUT2D eigenvalue weighted by molar-refractivity contribution is 0.0401. The first-order chi connectivity index (χ1) is 6.32. The van der Waals surface area contributed by atoms with Gasteiger partial charge in [-0.3, -0.25) is 4.68 Å². The Morgan fingerprint density at radius 2 is 2.07 bits per heavy atom. The molecule has 2 unspecified atom stereocenters. The number of aliphatic hydroxyl groups is 1. The number of hydrogen-bond acceptors (Lipinski definition) is 3. The van der Waals surface area contributed by atoms with Gasteiger partial charge in [0.05, 0.1) is 18.3 Å². The number of aliphatic hydroxyl groups excluding tert-OH is 1. The molecule has 80 valence electrons. The van der Waals surface area contributed by atoms with Crippen LogP contribution in [0.25, 0.3) is 0 Å². The van der Waals surface area contributed by atoms with Crippen molar-refractivity contribution >= 4 is 0 Å². The lowest BCUT2D eigenvalue weighted by atomic mass is 9.83. The average molecular weight is 197 g/mol. The zero-order chi connectivity index (χ0) is 10.9. The minimum atomic E-state index is -0.563. The Labute approximate surface area is 84.7 Å². The fraction of sp³-hybridized carbons (Fsp3) is 0.700. The van der Waals surface area contributed by atoms with Crippen LogP contribution in [0.2, 0.25) is 0 Å². The van der Waals surface area contributed by atoms with Crippen LogP contribution in [0, 0.1) is 5.41 Å². The van der Waals surface area contributed by atoms with Crippen LogP contribution < -0.4 is 5.73 Å². The van der Waals surface area contributed by atoms with Crippen molar-refractivity contribution < 1.29 is 5.11 Å². The minimum Gasteiger partial charge on any atom is -0.391 e. The summed E-state index contributed by atoms with van der Waals surface area (Å²) in [5.74, 6) is 0. The normalized spacial score (nSPS) is 16.7. The number of rotatable bonds is 2. The number of hydrogen-bond donors (Lipinski definition) is 2. The van der Waals surface area contributed by atoms with Gasteiger partial charge in [-0.15, -0.1) is 0 Å². The Morgan fingerprint density at radius 3 is 2.43 bits per heavy atom. The predicted octanol–water partition coefficient (Wildman–Crippen LogP) is 0.827. The molecule has 0 saturated heterocycles. The van der Waals surface area contributed by atoms with Gasteiger partial charge in [0.2, 0.25) is 0 Å². The Morgan fingerprint density at radius 1 is 1.50 bits per heavy atom. The molecule has 0 aromatic carbocycles. The molecule has 0 aliphatic rings. The molecule has 3 N–H and O–H groups in total. The first-order valence-corrected chi connectivity index (χ1v) is 4.74. The van der Waals surface area contributed by atoms with E-state index in [1.807, 2.05) is 34.0 Å². The summed E-state index contributed by atoms with van der Waals surface area (Å²) < 4.78 is 1.69. The fourth-order valence-electron chi connectivity index (χ4n) is 1.33. The number of aryl methyl sites for hydroxylation is 1. The van der Waals surface area contributed by atoms with Gasteiger partial charge < -0.3 is 10.8 Å². The lowest BCUT2D eigenvalue weighted by Crippen LogP contribution is -2.36. The molecule has 0 spiro atoms. The van der Waals surface area contributed by atoms with Crippen molar-refractivity contribution in [3.63, 3.8) is 0 Å². The second-order valence-electron chi connectivity index (χ2n) is 4.78. The van der Waals surface area contributed by atoms with E-state index in [0.29, 0.717) is 0 Å². The standard InChI is InChI=1S/C10H19N3O/c1-10(2,3)9(14)8(11)7-5-12-13(4)6-7/h5-6,8-9,14H,11H2,1-4H3. The molecule has 0 amide bonds. The molecular formula is C10H19N3O. The third-order valence-corrected chi connectivity index (χ3v) is 2.34. The van der Waals surface area contributed by atoms with Gasteiger partial charge in [-0.05, 0) is 5.41 Å². The highest BCUT2D eigenvalue weighted by atomic mass is 16.3. The predicted molar refractivity (Wildman–Crippen MR) is 55.6 cm³/mol. The molecule has 0 aliphatic carbocycles. The van der Waals surface area contributed by atoms with Crippen molar-refractivity contribution in [1.29, 1.82) is 0 Å². The molecule has 1 rings (SSSR count). The van der Waals surface area contributed by atoms with E-state index in [4.69, 9.17) is 5.73 Å². The highest BCUT2D eigenvalue weighted by Gasteiger charge is 2.29. The van der Waals surface area contributed by atoms with E-state index in [2.05, 4.69) is 5.10 Å². The van der Waals surface area contributed by atoms with Crippen molar-refractivity contribution in [2.24, 2.45) is 18.2 Å². The molecule has 0 bridgehead atoms. The zero-order valence-electron chi connectivity index (χ0n) is 9.23. The smallest absolute Gasteiger partial charge is 0.0782 e. The van der Waals surface area contributed by atoms with Crippen molar-refractivity contribution in [2.45, 2.75) is 32.9 Å². The Balaban J connectivity index is 2.80. The van der Waals surface area contributed by atoms with Gasteiger partial charge in [0.1, 0.15) is 0 Å². The molecule has 0 aliphatic heterocycles. The molecule has 1 aromatic heterocycles. The third kappa shape index (κ3) is 2.33. The summed E-state index contributed by atoms with van der Waals surface area (Å²) in [6, 6.07) is -0.372. The molecule has 14 heavy (non-hydrogen) atoms. The summed E-state index contributed by atoms with van der Waals surface area (Å²) in [5.41, 5.74) is 6.59. The molecule has 0 fully saturated rings. The highest BCUT2D eigenvalue weighted by molar-refractivity contribution is 5.12. The van der Waals surface area contributed by atoms with E-state index in [0.717, 1.165) is 5.56 Å². The Kier molecular flexibility index (Phi) is 2.97. The molecule has 1 heterocycles. The van der Waals surface area contributed by atoms with Crippen LogP contribution in [-0.4, -0.2) is 21.0 Å². The second-order valence-corrected chi connectivity index (χ2v) is 4.78. The molecule has 0 radical (unpaired) electrons. The van der Waals surface area contributed by atoms with Gasteiger partial charge >= 0.3 is 0 Å². The number of aromatic nitrogens is 2. The summed E-state index contributed by atoms with van der Waals surface area (Å²) in [7, 11) is 1.83. The second kappa shape index (κ2) is 3.71. The zero-order valence-corrected chi connectivity index (χ0v) is 9.23. The van der Waals surface area contributed by atoms with Crippen LogP contribution in [0.1, 0.15) is 32.4 Å². The lowest BCUT2D eigenvalue weighted by Gasteiger charge is -2.30. The SMILES string of the molecule is Cn1cc(C(N)C(O)C(C)(C)C)cn1. The third-order valence-electron chi connectivity index (χ3n) is 2.34. The van der Waals surface area contributed by atoms with Gasteiger partial charge in [0.15, 0.2) is 0 Å². The summed E-state index contributed by atoms with van der Waals surface area (Å²) in [5, 5.41) is 14.0. The maximum atomic E-state index is 9.95. The van der Waals surface area contributed by atoms with E-state index < -0.39 is 6.10 Å². The molecule has 0 saturated carbocycles. The first kappa shape index (κ1) is 11.2. The van der Waals surface area contributed by atoms with Crippen LogP contribution in [0.4, 0.5) is 0 Å².